The van der Waals surface area contributed by atoms with Gasteiger partial charge in [0.1, 0.15) is 11.4 Å². The van der Waals surface area contributed by atoms with E-state index in [-0.39, 0.29) is 17.9 Å². The summed E-state index contributed by atoms with van der Waals surface area (Å²) in [4.78, 5) is 25.8. The highest BCUT2D eigenvalue weighted by atomic mass is 19.1. The minimum atomic E-state index is -1.16. The number of carboxylic acid groups (broad SMARTS) is 1. The van der Waals surface area contributed by atoms with Gasteiger partial charge in [-0.25, -0.2) is 9.18 Å². The summed E-state index contributed by atoms with van der Waals surface area (Å²) in [7, 11) is 0. The van der Waals surface area contributed by atoms with E-state index in [9.17, 15) is 24.3 Å². The number of nitriles is 1. The van der Waals surface area contributed by atoms with Crippen LogP contribution in [0.5, 0.6) is 0 Å². The molecule has 4 rings (SSSR count). The largest absolute Gasteiger partial charge is 0.465 e. The minimum Gasteiger partial charge on any atom is -0.465 e. The molecule has 0 spiro atoms. The summed E-state index contributed by atoms with van der Waals surface area (Å²) in [6.07, 6.45) is 4.52. The Morgan fingerprint density at radius 3 is 2.67 bits per heavy atom. The molecule has 0 bridgehead atoms. The molecule has 4 unspecified atom stereocenters. The quantitative estimate of drug-likeness (QED) is 0.454. The predicted octanol–water partition coefficient (Wildman–Crippen LogP) is 3.54. The molecule has 1 aromatic carbocycles. The van der Waals surface area contributed by atoms with Crippen LogP contribution >= 0.6 is 0 Å². The average Bonchev–Trinajstić information content (AvgIpc) is 3.51. The van der Waals surface area contributed by atoms with Gasteiger partial charge in [-0.3, -0.25) is 19.1 Å². The zero-order chi connectivity index (χ0) is 26.0. The molecule has 1 aliphatic rings. The molecule has 11 nitrogen and oxygen atoms in total. The van der Waals surface area contributed by atoms with Gasteiger partial charge < -0.3 is 16.2 Å². The highest BCUT2D eigenvalue weighted by molar-refractivity contribution is 5.98. The lowest BCUT2D eigenvalue weighted by molar-refractivity contribution is -0.0289. The number of benzene rings is 1. The van der Waals surface area contributed by atoms with Crippen LogP contribution in [0, 0.1) is 23.1 Å². The molecule has 3 heterocycles. The maximum absolute atomic E-state index is 13.3. The first kappa shape index (κ1) is 24.7. The zero-order valence-corrected chi connectivity index (χ0v) is 19.9. The Kier molecular flexibility index (Phi) is 6.65. The molecule has 1 aliphatic heterocycles. The van der Waals surface area contributed by atoms with Gasteiger partial charge in [-0.2, -0.15) is 15.5 Å². The zero-order valence-electron chi connectivity index (χ0n) is 19.9. The van der Waals surface area contributed by atoms with E-state index in [0.717, 1.165) is 0 Å². The first-order chi connectivity index (χ1) is 17.2. The summed E-state index contributed by atoms with van der Waals surface area (Å²) < 4.78 is 16.5. The Hall–Kier alpha value is -4.40. The van der Waals surface area contributed by atoms with E-state index in [2.05, 4.69) is 21.6 Å². The second-order valence-corrected chi connectivity index (χ2v) is 8.90. The molecule has 1 saturated heterocycles. The summed E-state index contributed by atoms with van der Waals surface area (Å²) in [5.41, 5.74) is 5.03. The number of amides is 2. The van der Waals surface area contributed by atoms with Crippen molar-refractivity contribution in [3.8, 4) is 6.07 Å². The molecule has 12 heteroatoms. The molecule has 2 aromatic heterocycles. The monoisotopic (exact) mass is 494 g/mol. The number of carbonyl (C=O) groups excluding carboxylic acids is 1. The van der Waals surface area contributed by atoms with Crippen molar-refractivity contribution in [1.82, 2.24) is 24.5 Å². The third-order valence-electron chi connectivity index (χ3n) is 6.96. The van der Waals surface area contributed by atoms with Gasteiger partial charge in [-0.1, -0.05) is 6.92 Å². The fraction of sp³-hybridized carbons (Fsp3) is 0.375. The predicted molar refractivity (Wildman–Crippen MR) is 128 cm³/mol. The van der Waals surface area contributed by atoms with E-state index in [4.69, 9.17) is 5.73 Å². The van der Waals surface area contributed by atoms with Crippen LogP contribution in [0.1, 0.15) is 49.1 Å². The highest BCUT2D eigenvalue weighted by Gasteiger charge is 2.55. The van der Waals surface area contributed by atoms with Gasteiger partial charge in [0.15, 0.2) is 5.82 Å². The van der Waals surface area contributed by atoms with E-state index in [0.29, 0.717) is 18.5 Å². The molecular weight excluding hydrogens is 467 g/mol. The number of primary amides is 1. The van der Waals surface area contributed by atoms with Crippen LogP contribution in [0.2, 0.25) is 0 Å². The summed E-state index contributed by atoms with van der Waals surface area (Å²) >= 11 is 0. The Morgan fingerprint density at radius 2 is 2.11 bits per heavy atom. The molecule has 4 atom stereocenters. The fourth-order valence-corrected chi connectivity index (χ4v) is 5.25. The van der Waals surface area contributed by atoms with Crippen LogP contribution in [-0.4, -0.2) is 53.7 Å². The third kappa shape index (κ3) is 4.24. The topological polar surface area (TPSA) is 155 Å². The fourth-order valence-electron chi connectivity index (χ4n) is 5.25. The smallest absolute Gasteiger partial charge is 0.407 e. The number of nitrogens with one attached hydrogen (secondary N) is 1. The number of rotatable bonds is 7. The molecule has 0 saturated carbocycles. The van der Waals surface area contributed by atoms with Crippen LogP contribution in [0.4, 0.5) is 20.7 Å². The highest BCUT2D eigenvalue weighted by Crippen LogP contribution is 2.47. The van der Waals surface area contributed by atoms with Crippen LogP contribution in [0.3, 0.4) is 0 Å². The molecule has 36 heavy (non-hydrogen) atoms. The van der Waals surface area contributed by atoms with Gasteiger partial charge in [0.25, 0.3) is 5.91 Å². The second-order valence-electron chi connectivity index (χ2n) is 8.90. The van der Waals surface area contributed by atoms with Crippen LogP contribution < -0.4 is 11.1 Å². The maximum atomic E-state index is 13.3. The number of hydrogen-bond acceptors (Lipinski definition) is 6. The van der Waals surface area contributed by atoms with Gasteiger partial charge >= 0.3 is 6.09 Å². The molecule has 0 aliphatic carbocycles. The second kappa shape index (κ2) is 9.69. The number of hydrogen-bond donors (Lipinski definition) is 3. The van der Waals surface area contributed by atoms with Crippen molar-refractivity contribution >= 4 is 23.5 Å². The number of likely N-dealkylation sites (tertiary alicyclic amines) is 1. The van der Waals surface area contributed by atoms with Crippen molar-refractivity contribution in [3.63, 3.8) is 0 Å². The average molecular weight is 495 g/mol. The number of nitrogens with two attached hydrogens (primary N) is 1. The summed E-state index contributed by atoms with van der Waals surface area (Å²) in [6.45, 7) is 3.83. The first-order valence-corrected chi connectivity index (χ1v) is 11.5. The van der Waals surface area contributed by atoms with Crippen molar-refractivity contribution in [3.05, 3.63) is 60.3 Å². The van der Waals surface area contributed by atoms with Crippen molar-refractivity contribution in [2.24, 2.45) is 11.7 Å². The lowest BCUT2D eigenvalue weighted by Gasteiger charge is -2.52. The molecule has 188 valence electrons. The van der Waals surface area contributed by atoms with Crippen molar-refractivity contribution in [2.45, 2.75) is 44.3 Å². The van der Waals surface area contributed by atoms with E-state index in [1.807, 2.05) is 6.92 Å². The molecule has 1 fully saturated rings. The normalized spacial score (nSPS) is 22.6. The molecule has 2 amide bonds. The number of aromatic nitrogens is 4. The first-order valence-electron chi connectivity index (χ1n) is 11.5. The van der Waals surface area contributed by atoms with Gasteiger partial charge in [0.2, 0.25) is 0 Å². The molecular formula is C24H27FN8O3. The lowest BCUT2D eigenvalue weighted by atomic mass is 9.70. The van der Waals surface area contributed by atoms with E-state index in [1.165, 1.54) is 40.0 Å². The Morgan fingerprint density at radius 1 is 1.39 bits per heavy atom. The minimum absolute atomic E-state index is 0.0949. The van der Waals surface area contributed by atoms with Crippen LogP contribution in [0.25, 0.3) is 0 Å². The summed E-state index contributed by atoms with van der Waals surface area (Å²) in [5, 5.41) is 32.3. The van der Waals surface area contributed by atoms with Crippen molar-refractivity contribution < 1.29 is 19.1 Å². The number of halogens is 1. The van der Waals surface area contributed by atoms with Gasteiger partial charge in [0.05, 0.1) is 29.6 Å². The van der Waals surface area contributed by atoms with Crippen molar-refractivity contribution in [1.29, 1.82) is 5.26 Å². The van der Waals surface area contributed by atoms with Gasteiger partial charge in [-0.05, 0) is 50.1 Å². The van der Waals surface area contributed by atoms with Crippen LogP contribution in [0.15, 0.2) is 48.9 Å². The maximum Gasteiger partial charge on any atom is 0.407 e. The van der Waals surface area contributed by atoms with Gasteiger partial charge in [0, 0.05) is 30.8 Å². The summed E-state index contributed by atoms with van der Waals surface area (Å²) in [5.74, 6) is -1.82. The Labute approximate surface area is 206 Å². The number of nitrogens with zero attached hydrogens (tertiary/aromatic N) is 6. The number of carbonyl (C=O) groups is 2. The number of anilines is 2. The Balaban J connectivity index is 1.77. The number of piperidine rings is 1. The van der Waals surface area contributed by atoms with Crippen molar-refractivity contribution in [2.75, 3.05) is 11.9 Å². The molecule has 4 N–H and O–H groups in total. The molecule has 3 aromatic rings. The Bertz CT molecular complexity index is 1280. The third-order valence-corrected chi connectivity index (χ3v) is 6.96. The lowest BCUT2D eigenvalue weighted by Crippen LogP contribution is -2.63. The van der Waals surface area contributed by atoms with Gasteiger partial charge in [-0.15, -0.1) is 0 Å². The van der Waals surface area contributed by atoms with E-state index >= 15 is 0 Å². The van der Waals surface area contributed by atoms with E-state index < -0.39 is 41.4 Å². The van der Waals surface area contributed by atoms with E-state index in [1.54, 1.807) is 30.1 Å². The standard InChI is InChI=1S/C24H27FN8O3/c1-3-20(32-11-4-10-28-32)24(2)18(13-26)19(9-12-31(24)23(35)36)33-14-17(21(27)34)22(30-33)29-16-7-5-15(25)6-8-16/h4-8,10-11,14,18-20H,3,9,12H2,1-2H3,(H2,27,34)(H,29,30)(H,35,36). The SMILES string of the molecule is CCC(n1cccn1)C1(C)C(C#N)C(n2cc(C(N)=O)c(Nc3ccc(F)cc3)n2)CCN1C(=O)O. The molecule has 0 radical (unpaired) electrons. The van der Waals surface area contributed by atoms with Crippen LogP contribution in [-0.2, 0) is 0 Å². The summed E-state index contributed by atoms with van der Waals surface area (Å²) in [6, 6.07) is 8.62.